The molecular formula is C25H26Cl2N2O3S2. The SMILES string of the molecule is Cc1ccc(N(CC(=O)NCCSCc2c(Cl)cccc2Cl)S(=O)(=O)c2ccccc2)cc1C. The first-order valence-corrected chi connectivity index (χ1v) is 14.0. The molecule has 1 amide bonds. The van der Waals surface area contributed by atoms with Crippen molar-refractivity contribution in [2.24, 2.45) is 0 Å². The summed E-state index contributed by atoms with van der Waals surface area (Å²) >= 11 is 14.0. The molecule has 0 unspecified atom stereocenters. The van der Waals surface area contributed by atoms with Crippen molar-refractivity contribution in [3.63, 3.8) is 0 Å². The third kappa shape index (κ3) is 6.69. The average molecular weight is 538 g/mol. The molecule has 3 rings (SSSR count). The zero-order chi connectivity index (χ0) is 24.7. The first-order valence-electron chi connectivity index (χ1n) is 10.6. The lowest BCUT2D eigenvalue weighted by molar-refractivity contribution is -0.119. The number of hydrogen-bond acceptors (Lipinski definition) is 4. The van der Waals surface area contributed by atoms with Crippen molar-refractivity contribution >= 4 is 56.6 Å². The second-order valence-corrected chi connectivity index (χ2v) is 11.5. The maximum Gasteiger partial charge on any atom is 0.264 e. The zero-order valence-electron chi connectivity index (χ0n) is 18.9. The molecule has 0 aliphatic carbocycles. The molecule has 1 N–H and O–H groups in total. The highest BCUT2D eigenvalue weighted by Gasteiger charge is 2.27. The molecule has 9 heteroatoms. The highest BCUT2D eigenvalue weighted by Crippen LogP contribution is 2.28. The van der Waals surface area contributed by atoms with Gasteiger partial charge in [0.2, 0.25) is 5.91 Å². The minimum absolute atomic E-state index is 0.133. The third-order valence-electron chi connectivity index (χ3n) is 5.27. The van der Waals surface area contributed by atoms with Gasteiger partial charge in [-0.15, -0.1) is 0 Å². The first-order chi connectivity index (χ1) is 16.2. The number of halogens is 2. The smallest absolute Gasteiger partial charge is 0.264 e. The fourth-order valence-electron chi connectivity index (χ4n) is 3.21. The van der Waals surface area contributed by atoms with Gasteiger partial charge in [-0.2, -0.15) is 11.8 Å². The highest BCUT2D eigenvalue weighted by molar-refractivity contribution is 7.98. The van der Waals surface area contributed by atoms with E-state index in [1.165, 1.54) is 12.1 Å². The van der Waals surface area contributed by atoms with Gasteiger partial charge in [0.25, 0.3) is 10.0 Å². The van der Waals surface area contributed by atoms with Crippen molar-refractivity contribution in [1.29, 1.82) is 0 Å². The average Bonchev–Trinajstić information content (AvgIpc) is 2.81. The number of thioether (sulfide) groups is 1. The van der Waals surface area contributed by atoms with Crippen molar-refractivity contribution in [2.45, 2.75) is 24.5 Å². The Kier molecular flexibility index (Phi) is 9.31. The summed E-state index contributed by atoms with van der Waals surface area (Å²) in [6.45, 7) is 3.93. The van der Waals surface area contributed by atoms with Crippen molar-refractivity contribution < 1.29 is 13.2 Å². The topological polar surface area (TPSA) is 66.5 Å². The first kappa shape index (κ1) is 26.4. The van der Waals surface area contributed by atoms with Crippen LogP contribution in [0.3, 0.4) is 0 Å². The summed E-state index contributed by atoms with van der Waals surface area (Å²) in [7, 11) is -3.92. The maximum atomic E-state index is 13.4. The lowest BCUT2D eigenvalue weighted by Gasteiger charge is -2.25. The molecule has 180 valence electrons. The van der Waals surface area contributed by atoms with Crippen LogP contribution in [0.25, 0.3) is 0 Å². The summed E-state index contributed by atoms with van der Waals surface area (Å²) in [6.07, 6.45) is 0. The molecule has 0 aliphatic rings. The van der Waals surface area contributed by atoms with E-state index in [9.17, 15) is 13.2 Å². The highest BCUT2D eigenvalue weighted by atomic mass is 35.5. The van der Waals surface area contributed by atoms with Gasteiger partial charge in [0.05, 0.1) is 10.6 Å². The van der Waals surface area contributed by atoms with Crippen LogP contribution in [0.2, 0.25) is 10.0 Å². The third-order valence-corrected chi connectivity index (χ3v) is 8.76. The van der Waals surface area contributed by atoms with Gasteiger partial charge >= 0.3 is 0 Å². The molecule has 0 saturated heterocycles. The molecule has 0 aromatic heterocycles. The van der Waals surface area contributed by atoms with Crippen LogP contribution in [0.15, 0.2) is 71.6 Å². The molecule has 3 aromatic carbocycles. The summed E-state index contributed by atoms with van der Waals surface area (Å²) in [5.74, 6) is 0.863. The Morgan fingerprint density at radius 2 is 1.62 bits per heavy atom. The molecule has 0 fully saturated rings. The molecule has 0 atom stereocenters. The van der Waals surface area contributed by atoms with E-state index in [2.05, 4.69) is 5.32 Å². The molecule has 5 nitrogen and oxygen atoms in total. The van der Waals surface area contributed by atoms with Crippen LogP contribution in [0.5, 0.6) is 0 Å². The van der Waals surface area contributed by atoms with Crippen LogP contribution in [0, 0.1) is 13.8 Å². The predicted octanol–water partition coefficient (Wildman–Crippen LogP) is 5.86. The van der Waals surface area contributed by atoms with E-state index in [0.717, 1.165) is 21.0 Å². The van der Waals surface area contributed by atoms with E-state index in [0.29, 0.717) is 33.8 Å². The van der Waals surface area contributed by atoms with E-state index >= 15 is 0 Å². The van der Waals surface area contributed by atoms with Crippen molar-refractivity contribution in [3.05, 3.63) is 93.5 Å². The van der Waals surface area contributed by atoms with Crippen LogP contribution in [-0.2, 0) is 20.6 Å². The summed E-state index contributed by atoms with van der Waals surface area (Å²) in [6, 6.07) is 18.9. The molecular weight excluding hydrogens is 511 g/mol. The Hall–Kier alpha value is -2.19. The number of benzene rings is 3. The second kappa shape index (κ2) is 12.0. The predicted molar refractivity (Wildman–Crippen MR) is 143 cm³/mol. The fraction of sp³-hybridized carbons (Fsp3) is 0.240. The van der Waals surface area contributed by atoms with E-state index < -0.39 is 10.0 Å². The number of sulfonamides is 1. The van der Waals surface area contributed by atoms with Gasteiger partial charge in [-0.3, -0.25) is 9.10 Å². The molecule has 0 aliphatic heterocycles. The number of anilines is 1. The number of aryl methyl sites for hydroxylation is 2. The van der Waals surface area contributed by atoms with Crippen LogP contribution < -0.4 is 9.62 Å². The van der Waals surface area contributed by atoms with Gasteiger partial charge in [-0.1, -0.05) is 53.5 Å². The summed E-state index contributed by atoms with van der Waals surface area (Å²) in [5, 5.41) is 4.04. The van der Waals surface area contributed by atoms with E-state index in [1.54, 1.807) is 60.3 Å². The van der Waals surface area contributed by atoms with Gasteiger partial charge in [-0.25, -0.2) is 8.42 Å². The minimum Gasteiger partial charge on any atom is -0.354 e. The Morgan fingerprint density at radius 3 is 2.26 bits per heavy atom. The Labute approximate surface area is 215 Å². The van der Waals surface area contributed by atoms with Crippen LogP contribution in [-0.4, -0.2) is 33.2 Å². The van der Waals surface area contributed by atoms with Crippen LogP contribution >= 0.6 is 35.0 Å². The summed E-state index contributed by atoms with van der Waals surface area (Å²) in [4.78, 5) is 12.9. The van der Waals surface area contributed by atoms with Gasteiger partial charge in [0.15, 0.2) is 0 Å². The molecule has 34 heavy (non-hydrogen) atoms. The summed E-state index contributed by atoms with van der Waals surface area (Å²) < 4.78 is 27.9. The molecule has 0 spiro atoms. The standard InChI is InChI=1S/C25H26Cl2N2O3S2/c1-18-11-12-20(15-19(18)2)29(34(31,32)21-7-4-3-5-8-21)16-25(30)28-13-14-33-17-22-23(26)9-6-10-24(22)27/h3-12,15H,13-14,16-17H2,1-2H3,(H,28,30). The van der Waals surface area contributed by atoms with Gasteiger partial charge in [-0.05, 0) is 66.9 Å². The number of amides is 1. The lowest BCUT2D eigenvalue weighted by Crippen LogP contribution is -2.41. The monoisotopic (exact) mass is 536 g/mol. The molecule has 0 radical (unpaired) electrons. The quantitative estimate of drug-likeness (QED) is 0.329. The Bertz CT molecular complexity index is 1230. The van der Waals surface area contributed by atoms with Gasteiger partial charge in [0, 0.05) is 28.1 Å². The number of rotatable bonds is 10. The number of carbonyl (C=O) groups excluding carboxylic acids is 1. The molecule has 3 aromatic rings. The minimum atomic E-state index is -3.92. The normalized spacial score (nSPS) is 11.3. The number of carbonyl (C=O) groups is 1. The largest absolute Gasteiger partial charge is 0.354 e. The van der Waals surface area contributed by atoms with Crippen molar-refractivity contribution in [1.82, 2.24) is 5.32 Å². The summed E-state index contributed by atoms with van der Waals surface area (Å²) in [5.41, 5.74) is 3.29. The molecule has 0 saturated carbocycles. The van der Waals surface area contributed by atoms with E-state index in [1.807, 2.05) is 19.9 Å². The van der Waals surface area contributed by atoms with Crippen LogP contribution in [0.1, 0.15) is 16.7 Å². The van der Waals surface area contributed by atoms with Crippen LogP contribution in [0.4, 0.5) is 5.69 Å². The zero-order valence-corrected chi connectivity index (χ0v) is 22.1. The lowest BCUT2D eigenvalue weighted by atomic mass is 10.1. The maximum absolute atomic E-state index is 13.4. The fourth-order valence-corrected chi connectivity index (χ4v) is 6.24. The Morgan fingerprint density at radius 1 is 0.941 bits per heavy atom. The van der Waals surface area contributed by atoms with Crippen molar-refractivity contribution in [2.75, 3.05) is 23.1 Å². The second-order valence-electron chi connectivity index (χ2n) is 7.70. The number of nitrogens with one attached hydrogen (secondary N) is 1. The Balaban J connectivity index is 1.66. The van der Waals surface area contributed by atoms with E-state index in [4.69, 9.17) is 23.2 Å². The number of nitrogens with zero attached hydrogens (tertiary/aromatic N) is 1. The molecule has 0 heterocycles. The van der Waals surface area contributed by atoms with E-state index in [-0.39, 0.29) is 17.3 Å². The van der Waals surface area contributed by atoms with Gasteiger partial charge in [0.1, 0.15) is 6.54 Å². The van der Waals surface area contributed by atoms with Crippen molar-refractivity contribution in [3.8, 4) is 0 Å². The van der Waals surface area contributed by atoms with Gasteiger partial charge < -0.3 is 5.32 Å². The number of hydrogen-bond donors (Lipinski definition) is 1. The molecule has 0 bridgehead atoms.